The number of nitrogens with zero attached hydrogens (tertiary/aromatic N) is 5. The Labute approximate surface area is 194 Å². The standard InChI is InChI=1S/C25H42N6O/c1-3-20(2)24(32)30-17-11-22(12-18-30)31-16-8-9-21(19-31)27-25-26-13-10-23(28-25)29-14-6-4-5-7-15-29/h10,13,20-22H,3-9,11-12,14-19H2,1-2H3,(H,26,27,28). The predicted octanol–water partition coefficient (Wildman–Crippen LogP) is 3.77. The number of carbonyl (C=O) groups is 1. The van der Waals surface area contributed by atoms with E-state index in [4.69, 9.17) is 4.98 Å². The molecule has 0 radical (unpaired) electrons. The van der Waals surface area contributed by atoms with Crippen LogP contribution >= 0.6 is 0 Å². The molecule has 4 heterocycles. The zero-order valence-corrected chi connectivity index (χ0v) is 20.1. The average Bonchev–Trinajstić information content (AvgIpc) is 3.13. The zero-order chi connectivity index (χ0) is 22.3. The highest BCUT2D eigenvalue weighted by Gasteiger charge is 2.31. The smallest absolute Gasteiger partial charge is 0.225 e. The molecule has 3 fully saturated rings. The van der Waals surface area contributed by atoms with Crippen LogP contribution in [0.2, 0.25) is 0 Å². The Morgan fingerprint density at radius 2 is 1.81 bits per heavy atom. The van der Waals surface area contributed by atoms with Crippen molar-refractivity contribution < 1.29 is 4.79 Å². The summed E-state index contributed by atoms with van der Waals surface area (Å²) in [6, 6.07) is 3.03. The molecule has 1 aromatic heterocycles. The van der Waals surface area contributed by atoms with E-state index in [1.807, 2.05) is 6.20 Å². The zero-order valence-electron chi connectivity index (χ0n) is 20.1. The lowest BCUT2D eigenvalue weighted by Gasteiger charge is -2.42. The minimum absolute atomic E-state index is 0.153. The van der Waals surface area contributed by atoms with E-state index >= 15 is 0 Å². The van der Waals surface area contributed by atoms with Gasteiger partial charge in [-0.15, -0.1) is 0 Å². The first-order valence-electron chi connectivity index (χ1n) is 13.0. The van der Waals surface area contributed by atoms with Crippen LogP contribution in [0.4, 0.5) is 11.8 Å². The van der Waals surface area contributed by atoms with Gasteiger partial charge >= 0.3 is 0 Å². The van der Waals surface area contributed by atoms with Gasteiger partial charge in [-0.3, -0.25) is 9.69 Å². The summed E-state index contributed by atoms with van der Waals surface area (Å²) in [5, 5.41) is 3.64. The number of hydrogen-bond acceptors (Lipinski definition) is 6. The van der Waals surface area contributed by atoms with E-state index in [2.05, 4.69) is 44.9 Å². The molecule has 2 atom stereocenters. The fourth-order valence-electron chi connectivity index (χ4n) is 5.47. The first-order valence-corrected chi connectivity index (χ1v) is 13.0. The molecule has 0 bridgehead atoms. The molecule has 3 saturated heterocycles. The van der Waals surface area contributed by atoms with E-state index < -0.39 is 0 Å². The van der Waals surface area contributed by atoms with Crippen LogP contribution in [0, 0.1) is 5.92 Å². The molecule has 1 aromatic rings. The fourth-order valence-corrected chi connectivity index (χ4v) is 5.47. The van der Waals surface area contributed by atoms with Crippen LogP contribution in [0.3, 0.4) is 0 Å². The average molecular weight is 443 g/mol. The minimum atomic E-state index is 0.153. The molecule has 1 amide bonds. The summed E-state index contributed by atoms with van der Waals surface area (Å²) in [6.07, 6.45) is 12.6. The van der Waals surface area contributed by atoms with Gasteiger partial charge in [0.2, 0.25) is 11.9 Å². The number of nitrogens with one attached hydrogen (secondary N) is 1. The minimum Gasteiger partial charge on any atom is -0.356 e. The van der Waals surface area contributed by atoms with Crippen LogP contribution in [0.25, 0.3) is 0 Å². The summed E-state index contributed by atoms with van der Waals surface area (Å²) in [5.41, 5.74) is 0. The van der Waals surface area contributed by atoms with Crippen LogP contribution in [0.15, 0.2) is 12.3 Å². The van der Waals surface area contributed by atoms with Crippen molar-refractivity contribution >= 4 is 17.7 Å². The van der Waals surface area contributed by atoms with Gasteiger partial charge in [0.1, 0.15) is 5.82 Å². The first kappa shape index (κ1) is 23.3. The van der Waals surface area contributed by atoms with Crippen molar-refractivity contribution in [1.29, 1.82) is 0 Å². The molecular formula is C25H42N6O. The Bertz CT molecular complexity index is 727. The summed E-state index contributed by atoms with van der Waals surface area (Å²) in [5.74, 6) is 2.33. The van der Waals surface area contributed by atoms with Crippen molar-refractivity contribution in [1.82, 2.24) is 19.8 Å². The van der Waals surface area contributed by atoms with Crippen LogP contribution in [0.1, 0.15) is 71.6 Å². The van der Waals surface area contributed by atoms with Crippen LogP contribution in [-0.2, 0) is 4.79 Å². The topological polar surface area (TPSA) is 64.6 Å². The second kappa shape index (κ2) is 11.3. The third-order valence-corrected chi connectivity index (χ3v) is 7.68. The number of rotatable bonds is 6. The molecule has 0 aliphatic carbocycles. The highest BCUT2D eigenvalue weighted by Crippen LogP contribution is 2.24. The second-order valence-electron chi connectivity index (χ2n) is 9.98. The number of carbonyl (C=O) groups excluding carboxylic acids is 1. The summed E-state index contributed by atoms with van der Waals surface area (Å²) < 4.78 is 0. The monoisotopic (exact) mass is 442 g/mol. The van der Waals surface area contributed by atoms with Gasteiger partial charge < -0.3 is 15.1 Å². The number of likely N-dealkylation sites (tertiary alicyclic amines) is 2. The maximum Gasteiger partial charge on any atom is 0.225 e. The maximum absolute atomic E-state index is 12.5. The van der Waals surface area contributed by atoms with Crippen molar-refractivity contribution in [2.45, 2.75) is 83.7 Å². The summed E-state index contributed by atoms with van der Waals surface area (Å²) in [6.45, 7) is 10.4. The number of aromatic nitrogens is 2. The lowest BCUT2D eigenvalue weighted by atomic mass is 9.97. The van der Waals surface area contributed by atoms with Gasteiger partial charge in [-0.05, 0) is 57.6 Å². The molecule has 3 aliphatic rings. The van der Waals surface area contributed by atoms with Gasteiger partial charge in [0.25, 0.3) is 0 Å². The van der Waals surface area contributed by atoms with E-state index in [9.17, 15) is 4.79 Å². The van der Waals surface area contributed by atoms with E-state index in [1.54, 1.807) is 0 Å². The van der Waals surface area contributed by atoms with Gasteiger partial charge in [-0.1, -0.05) is 26.7 Å². The lowest BCUT2D eigenvalue weighted by Crippen LogP contribution is -2.52. The number of amides is 1. The molecule has 32 heavy (non-hydrogen) atoms. The van der Waals surface area contributed by atoms with Gasteiger partial charge in [0.05, 0.1) is 0 Å². The molecule has 2 unspecified atom stereocenters. The molecule has 0 spiro atoms. The van der Waals surface area contributed by atoms with Crippen molar-refractivity contribution in [3.05, 3.63) is 12.3 Å². The van der Waals surface area contributed by atoms with E-state index in [-0.39, 0.29) is 5.92 Å². The number of piperidine rings is 2. The third-order valence-electron chi connectivity index (χ3n) is 7.68. The highest BCUT2D eigenvalue weighted by atomic mass is 16.2. The van der Waals surface area contributed by atoms with E-state index in [0.29, 0.717) is 18.0 Å². The van der Waals surface area contributed by atoms with Crippen LogP contribution in [0.5, 0.6) is 0 Å². The molecule has 4 rings (SSSR count). The number of anilines is 2. The summed E-state index contributed by atoms with van der Waals surface area (Å²) in [7, 11) is 0. The van der Waals surface area contributed by atoms with E-state index in [1.165, 1.54) is 38.5 Å². The Balaban J connectivity index is 1.29. The van der Waals surface area contributed by atoms with Gasteiger partial charge in [-0.25, -0.2) is 4.98 Å². The van der Waals surface area contributed by atoms with Crippen LogP contribution < -0.4 is 10.2 Å². The fraction of sp³-hybridized carbons (Fsp3) is 0.800. The van der Waals surface area contributed by atoms with Crippen LogP contribution in [-0.4, -0.2) is 77.0 Å². The molecule has 3 aliphatic heterocycles. The van der Waals surface area contributed by atoms with Crippen molar-refractivity contribution in [3.63, 3.8) is 0 Å². The molecule has 178 valence electrons. The van der Waals surface area contributed by atoms with Gasteiger partial charge in [0.15, 0.2) is 0 Å². The normalized spacial score (nSPS) is 24.8. The molecular weight excluding hydrogens is 400 g/mol. The molecule has 7 heteroatoms. The highest BCUT2D eigenvalue weighted by molar-refractivity contribution is 5.78. The maximum atomic E-state index is 12.5. The predicted molar refractivity (Wildman–Crippen MR) is 130 cm³/mol. The Morgan fingerprint density at radius 3 is 2.53 bits per heavy atom. The Kier molecular flexibility index (Phi) is 8.22. The molecule has 0 aromatic carbocycles. The van der Waals surface area contributed by atoms with Crippen molar-refractivity contribution in [2.24, 2.45) is 5.92 Å². The van der Waals surface area contributed by atoms with Gasteiger partial charge in [-0.2, -0.15) is 4.98 Å². The lowest BCUT2D eigenvalue weighted by molar-refractivity contribution is -0.136. The van der Waals surface area contributed by atoms with Crippen molar-refractivity contribution in [3.8, 4) is 0 Å². The molecule has 1 N–H and O–H groups in total. The summed E-state index contributed by atoms with van der Waals surface area (Å²) >= 11 is 0. The third kappa shape index (κ3) is 5.91. The van der Waals surface area contributed by atoms with Crippen molar-refractivity contribution in [2.75, 3.05) is 49.5 Å². The largest absolute Gasteiger partial charge is 0.356 e. The first-order chi connectivity index (χ1) is 15.6. The number of hydrogen-bond donors (Lipinski definition) is 1. The van der Waals surface area contributed by atoms with E-state index in [0.717, 1.165) is 70.3 Å². The summed E-state index contributed by atoms with van der Waals surface area (Å²) in [4.78, 5) is 29.1. The quantitative estimate of drug-likeness (QED) is 0.724. The second-order valence-corrected chi connectivity index (χ2v) is 9.98. The molecule has 0 saturated carbocycles. The molecule has 7 nitrogen and oxygen atoms in total. The Morgan fingerprint density at radius 1 is 1.06 bits per heavy atom. The van der Waals surface area contributed by atoms with Gasteiger partial charge in [0, 0.05) is 56.9 Å². The SMILES string of the molecule is CCC(C)C(=O)N1CCC(N2CCCC(Nc3nccc(N4CCCCCC4)n3)C2)CC1. The Hall–Kier alpha value is -1.89.